The maximum atomic E-state index is 6.29. The van der Waals surface area contributed by atoms with Crippen LogP contribution in [0.2, 0.25) is 5.15 Å². The highest BCUT2D eigenvalue weighted by Gasteiger charge is 2.29. The lowest BCUT2D eigenvalue weighted by atomic mass is 9.94. The molecule has 3 aromatic heterocycles. The zero-order chi connectivity index (χ0) is 17.4. The largest absolute Gasteiger partial charge is 0.380 e. The fourth-order valence-corrected chi connectivity index (χ4v) is 6.21. The van der Waals surface area contributed by atoms with Crippen LogP contribution in [0.3, 0.4) is 0 Å². The topological polar surface area (TPSA) is 60.2 Å². The predicted molar refractivity (Wildman–Crippen MR) is 110 cm³/mol. The number of ether oxygens (including phenoxy) is 1. The Morgan fingerprint density at radius 2 is 2.36 bits per heavy atom. The van der Waals surface area contributed by atoms with Gasteiger partial charge in [0, 0.05) is 40.9 Å². The van der Waals surface area contributed by atoms with Crippen molar-refractivity contribution >= 4 is 66.1 Å². The van der Waals surface area contributed by atoms with Gasteiger partial charge in [-0.2, -0.15) is 0 Å². The summed E-state index contributed by atoms with van der Waals surface area (Å²) in [4.78, 5) is 7.06. The molecule has 0 bridgehead atoms. The summed E-state index contributed by atoms with van der Waals surface area (Å²) in [6.07, 6.45) is 0.929. The number of hydrogen-bond acceptors (Lipinski definition) is 6. The summed E-state index contributed by atoms with van der Waals surface area (Å²) in [6, 6.07) is 6.09. The molecule has 0 spiro atoms. The molecule has 3 aromatic rings. The fraction of sp³-hybridized carbons (Fsp3) is 0.353. The number of halogens is 2. The first-order valence-corrected chi connectivity index (χ1v) is 10.9. The molecule has 0 amide bonds. The minimum atomic E-state index is 0.0103. The average Bonchev–Trinajstić information content (AvgIpc) is 3.22. The first kappa shape index (κ1) is 17.7. The van der Waals surface area contributed by atoms with Gasteiger partial charge in [-0.3, -0.25) is 0 Å². The summed E-state index contributed by atoms with van der Waals surface area (Å²) in [5, 5.41) is 6.08. The summed E-state index contributed by atoms with van der Waals surface area (Å²) < 4.78 is 7.61. The summed E-state index contributed by atoms with van der Waals surface area (Å²) in [5.74, 6) is 0.284. The van der Waals surface area contributed by atoms with Crippen LogP contribution in [0.4, 0.5) is 5.69 Å². The van der Waals surface area contributed by atoms with Crippen molar-refractivity contribution < 1.29 is 4.74 Å². The molecule has 0 unspecified atom stereocenters. The molecule has 3 N–H and O–H groups in total. The average molecular weight is 459 g/mol. The van der Waals surface area contributed by atoms with Gasteiger partial charge >= 0.3 is 0 Å². The number of pyridine rings is 1. The van der Waals surface area contributed by atoms with Gasteiger partial charge in [-0.05, 0) is 33.8 Å². The number of hydrogen-bond donors (Lipinski definition) is 2. The van der Waals surface area contributed by atoms with E-state index in [1.54, 1.807) is 22.7 Å². The van der Waals surface area contributed by atoms with Crippen molar-refractivity contribution in [2.75, 3.05) is 18.5 Å². The van der Waals surface area contributed by atoms with Crippen LogP contribution in [0.1, 0.15) is 22.1 Å². The van der Waals surface area contributed by atoms with Gasteiger partial charge < -0.3 is 15.8 Å². The smallest absolute Gasteiger partial charge is 0.131 e. The molecule has 1 saturated heterocycles. The van der Waals surface area contributed by atoms with E-state index in [1.165, 1.54) is 9.75 Å². The molecular weight excluding hydrogens is 442 g/mol. The molecule has 25 heavy (non-hydrogen) atoms. The Balaban J connectivity index is 1.72. The molecule has 4 rings (SSSR count). The van der Waals surface area contributed by atoms with Gasteiger partial charge in [-0.15, -0.1) is 22.7 Å². The van der Waals surface area contributed by atoms with Crippen LogP contribution < -0.4 is 11.1 Å². The van der Waals surface area contributed by atoms with Gasteiger partial charge in [0.1, 0.15) is 5.15 Å². The maximum absolute atomic E-state index is 6.29. The first-order chi connectivity index (χ1) is 12.1. The highest BCUT2D eigenvalue weighted by molar-refractivity contribution is 9.10. The normalized spacial score (nSPS) is 20.9. The molecule has 0 saturated carbocycles. The Morgan fingerprint density at radius 3 is 3.12 bits per heavy atom. The maximum Gasteiger partial charge on any atom is 0.131 e. The highest BCUT2D eigenvalue weighted by Crippen LogP contribution is 2.45. The number of fused-ring (bicyclic) bond motifs is 1. The van der Waals surface area contributed by atoms with E-state index in [0.717, 1.165) is 39.9 Å². The third kappa shape index (κ3) is 3.59. The van der Waals surface area contributed by atoms with Crippen LogP contribution in [0.25, 0.3) is 10.2 Å². The van der Waals surface area contributed by atoms with Crippen molar-refractivity contribution in [2.24, 2.45) is 5.73 Å². The zero-order valence-electron chi connectivity index (χ0n) is 13.3. The molecule has 4 heterocycles. The van der Waals surface area contributed by atoms with Crippen molar-refractivity contribution in [3.8, 4) is 0 Å². The van der Waals surface area contributed by atoms with Crippen LogP contribution in [-0.2, 0) is 11.3 Å². The number of thiophene rings is 2. The Bertz CT molecular complexity index is 884. The van der Waals surface area contributed by atoms with E-state index in [2.05, 4.69) is 43.7 Å². The Morgan fingerprint density at radius 1 is 1.48 bits per heavy atom. The summed E-state index contributed by atoms with van der Waals surface area (Å²) in [6.45, 7) is 2.12. The van der Waals surface area contributed by atoms with Gasteiger partial charge in [0.15, 0.2) is 0 Å². The van der Waals surface area contributed by atoms with Crippen LogP contribution in [0, 0.1) is 0 Å². The van der Waals surface area contributed by atoms with E-state index < -0.39 is 0 Å². The number of anilines is 1. The fourth-order valence-electron chi connectivity index (χ4n) is 3.08. The molecular formula is C17H17BrClN3OS2. The quantitative estimate of drug-likeness (QED) is 0.526. The lowest BCUT2D eigenvalue weighted by Crippen LogP contribution is -2.37. The van der Waals surface area contributed by atoms with Gasteiger partial charge in [0.2, 0.25) is 0 Å². The van der Waals surface area contributed by atoms with E-state index in [1.807, 2.05) is 6.07 Å². The molecule has 0 aromatic carbocycles. The minimum Gasteiger partial charge on any atom is -0.380 e. The standard InChI is InChI=1S/C17H17BrClN3OS2/c18-14-15-17(25-16(14)10-3-4-23-8-11(10)20)12(6-13(19)22-15)21-7-9-2-1-5-24-9/h1-2,5-6,10-11H,3-4,7-8,20H2,(H,21,22)/t10-,11+/m1/s1. The zero-order valence-corrected chi connectivity index (χ0v) is 17.3. The second-order valence-corrected chi connectivity index (χ2v) is 9.28. The summed E-state index contributed by atoms with van der Waals surface area (Å²) >= 11 is 13.5. The third-order valence-corrected chi connectivity index (χ3v) is 7.83. The predicted octanol–water partition coefficient (Wildman–Crippen LogP) is 5.22. The lowest BCUT2D eigenvalue weighted by molar-refractivity contribution is 0.0702. The van der Waals surface area contributed by atoms with Crippen LogP contribution >= 0.6 is 50.2 Å². The van der Waals surface area contributed by atoms with Gasteiger partial charge in [0.25, 0.3) is 0 Å². The van der Waals surface area contributed by atoms with E-state index in [-0.39, 0.29) is 12.0 Å². The van der Waals surface area contributed by atoms with Crippen molar-refractivity contribution in [1.82, 2.24) is 4.98 Å². The lowest BCUT2D eigenvalue weighted by Gasteiger charge is -2.28. The number of nitrogens with one attached hydrogen (secondary N) is 1. The van der Waals surface area contributed by atoms with Crippen molar-refractivity contribution in [1.29, 1.82) is 0 Å². The third-order valence-electron chi connectivity index (χ3n) is 4.35. The number of aromatic nitrogens is 1. The SMILES string of the molecule is N[C@H]1COCC[C@H]1c1sc2c(NCc3cccs3)cc(Cl)nc2c1Br. The molecule has 0 radical (unpaired) electrons. The van der Waals surface area contributed by atoms with Crippen LogP contribution in [0.15, 0.2) is 28.1 Å². The number of nitrogens with two attached hydrogens (primary N) is 1. The van der Waals surface area contributed by atoms with E-state index in [9.17, 15) is 0 Å². The second kappa shape index (κ2) is 7.50. The van der Waals surface area contributed by atoms with Crippen LogP contribution in [-0.4, -0.2) is 24.2 Å². The molecule has 132 valence electrons. The van der Waals surface area contributed by atoms with Crippen molar-refractivity contribution in [2.45, 2.75) is 24.9 Å². The Labute approximate surface area is 167 Å². The molecule has 1 aliphatic rings. The Kier molecular flexibility index (Phi) is 5.31. The molecule has 8 heteroatoms. The molecule has 4 nitrogen and oxygen atoms in total. The van der Waals surface area contributed by atoms with E-state index in [0.29, 0.717) is 11.8 Å². The van der Waals surface area contributed by atoms with E-state index >= 15 is 0 Å². The number of rotatable bonds is 4. The highest BCUT2D eigenvalue weighted by atomic mass is 79.9. The molecule has 1 fully saturated rings. The van der Waals surface area contributed by atoms with Crippen molar-refractivity contribution in [3.05, 3.63) is 43.0 Å². The Hall–Kier alpha value is -0.700. The monoisotopic (exact) mass is 457 g/mol. The summed E-state index contributed by atoms with van der Waals surface area (Å²) in [7, 11) is 0. The first-order valence-electron chi connectivity index (χ1n) is 8.01. The van der Waals surface area contributed by atoms with Crippen LogP contribution in [0.5, 0.6) is 0 Å². The minimum absolute atomic E-state index is 0.0103. The summed E-state index contributed by atoms with van der Waals surface area (Å²) in [5.41, 5.74) is 8.21. The van der Waals surface area contributed by atoms with E-state index in [4.69, 9.17) is 22.1 Å². The molecule has 0 aliphatic carbocycles. The molecule has 1 aliphatic heterocycles. The number of nitrogens with zero attached hydrogens (tertiary/aromatic N) is 1. The van der Waals surface area contributed by atoms with Gasteiger partial charge in [-0.1, -0.05) is 17.7 Å². The van der Waals surface area contributed by atoms with Gasteiger partial charge in [-0.25, -0.2) is 4.98 Å². The second-order valence-electron chi connectivity index (χ2n) is 6.02. The molecule has 2 atom stereocenters. The van der Waals surface area contributed by atoms with Gasteiger partial charge in [0.05, 0.1) is 27.0 Å². The van der Waals surface area contributed by atoms with Crippen molar-refractivity contribution in [3.63, 3.8) is 0 Å².